The van der Waals surface area contributed by atoms with E-state index in [2.05, 4.69) is 12.2 Å². The smallest absolute Gasteiger partial charge is 0.238 e. The van der Waals surface area contributed by atoms with Crippen molar-refractivity contribution in [1.29, 1.82) is 0 Å². The van der Waals surface area contributed by atoms with Crippen LogP contribution in [0.3, 0.4) is 0 Å². The minimum atomic E-state index is -0.231. The van der Waals surface area contributed by atoms with Crippen LogP contribution in [0, 0.1) is 23.7 Å². The van der Waals surface area contributed by atoms with Crippen LogP contribution in [-0.2, 0) is 9.59 Å². The van der Waals surface area contributed by atoms with Gasteiger partial charge in [0, 0.05) is 11.1 Å². The lowest BCUT2D eigenvalue weighted by molar-refractivity contribution is -0.123. The topological polar surface area (TPSA) is 54.5 Å². The Balaban J connectivity index is 1.49. The van der Waals surface area contributed by atoms with Gasteiger partial charge in [-0.05, 0) is 30.4 Å². The number of nitrogens with zero attached hydrogens (tertiary/aromatic N) is 1. The summed E-state index contributed by atoms with van der Waals surface area (Å²) in [5.41, 5.74) is 1.56. The summed E-state index contributed by atoms with van der Waals surface area (Å²) in [7, 11) is 0. The van der Waals surface area contributed by atoms with E-state index in [9.17, 15) is 14.4 Å². The summed E-state index contributed by atoms with van der Waals surface area (Å²) in [6.45, 7) is 0. The second kappa shape index (κ2) is 5.49. The van der Waals surface area contributed by atoms with Crippen LogP contribution in [0.4, 0.5) is 5.69 Å². The Bertz CT molecular complexity index is 932. The number of hydrogen-bond acceptors (Lipinski definition) is 3. The van der Waals surface area contributed by atoms with E-state index >= 15 is 0 Å². The van der Waals surface area contributed by atoms with Crippen molar-refractivity contribution in [2.75, 3.05) is 4.90 Å². The normalized spacial score (nSPS) is 28.7. The fraction of sp³-hybridized carbons (Fsp3) is 0.227. The monoisotopic (exact) mass is 343 g/mol. The zero-order chi connectivity index (χ0) is 17.8. The number of ketones is 1. The number of carbonyl (C=O) groups excluding carboxylic acids is 3. The van der Waals surface area contributed by atoms with Crippen LogP contribution in [0.25, 0.3) is 0 Å². The first-order chi connectivity index (χ1) is 12.6. The molecule has 1 saturated carbocycles. The van der Waals surface area contributed by atoms with E-state index in [0.29, 0.717) is 16.8 Å². The van der Waals surface area contributed by atoms with Gasteiger partial charge in [-0.1, -0.05) is 54.6 Å². The van der Waals surface area contributed by atoms with Gasteiger partial charge < -0.3 is 0 Å². The highest BCUT2D eigenvalue weighted by Crippen LogP contribution is 2.53. The SMILES string of the molecule is O=C(c1ccccc1)c1cccc(N2C(=O)C3C4C=CC(C4)C3C2=O)c1. The van der Waals surface area contributed by atoms with Crippen molar-refractivity contribution in [2.24, 2.45) is 23.7 Å². The molecule has 1 heterocycles. The van der Waals surface area contributed by atoms with E-state index in [1.165, 1.54) is 4.90 Å². The molecule has 0 aromatic heterocycles. The molecule has 2 amide bonds. The van der Waals surface area contributed by atoms with Crippen molar-refractivity contribution < 1.29 is 14.4 Å². The summed E-state index contributed by atoms with van der Waals surface area (Å²) in [5, 5.41) is 0. The number of fused-ring (bicyclic) bond motifs is 5. The number of carbonyl (C=O) groups is 3. The fourth-order valence-corrected chi connectivity index (χ4v) is 4.70. The third kappa shape index (κ3) is 2.05. The number of anilines is 1. The molecule has 26 heavy (non-hydrogen) atoms. The summed E-state index contributed by atoms with van der Waals surface area (Å²) in [6, 6.07) is 15.8. The quantitative estimate of drug-likeness (QED) is 0.488. The Morgan fingerprint density at radius 3 is 2.08 bits per heavy atom. The van der Waals surface area contributed by atoms with E-state index < -0.39 is 0 Å². The molecule has 4 nitrogen and oxygen atoms in total. The molecule has 4 atom stereocenters. The molecule has 1 saturated heterocycles. The maximum Gasteiger partial charge on any atom is 0.238 e. The summed E-state index contributed by atoms with van der Waals surface area (Å²) < 4.78 is 0. The van der Waals surface area contributed by atoms with Crippen LogP contribution in [0.5, 0.6) is 0 Å². The maximum atomic E-state index is 12.9. The van der Waals surface area contributed by atoms with Gasteiger partial charge in [-0.2, -0.15) is 0 Å². The van der Waals surface area contributed by atoms with Crippen molar-refractivity contribution in [2.45, 2.75) is 6.42 Å². The lowest BCUT2D eigenvalue weighted by Gasteiger charge is -2.18. The van der Waals surface area contributed by atoms with Gasteiger partial charge >= 0.3 is 0 Å². The van der Waals surface area contributed by atoms with Crippen molar-refractivity contribution >= 4 is 23.3 Å². The Morgan fingerprint density at radius 1 is 0.808 bits per heavy atom. The third-order valence-corrected chi connectivity index (χ3v) is 5.87. The molecule has 2 aliphatic carbocycles. The van der Waals surface area contributed by atoms with Crippen LogP contribution in [0.15, 0.2) is 66.7 Å². The number of hydrogen-bond donors (Lipinski definition) is 0. The minimum absolute atomic E-state index is 0.117. The van der Waals surface area contributed by atoms with Gasteiger partial charge in [0.1, 0.15) is 0 Å². The summed E-state index contributed by atoms with van der Waals surface area (Å²) in [6.07, 6.45) is 5.07. The standard InChI is InChI=1S/C22H17NO3/c24-20(13-5-2-1-3-6-13)16-7-4-8-17(12-16)23-21(25)18-14-9-10-15(11-14)19(18)22(23)26/h1-10,12,14-15,18-19H,11H2. The summed E-state index contributed by atoms with van der Waals surface area (Å²) in [5.74, 6) is -0.464. The van der Waals surface area contributed by atoms with Gasteiger partial charge in [0.25, 0.3) is 0 Å². The second-order valence-electron chi connectivity index (χ2n) is 7.26. The zero-order valence-corrected chi connectivity index (χ0v) is 14.0. The van der Waals surface area contributed by atoms with Crippen molar-refractivity contribution in [3.63, 3.8) is 0 Å². The molecule has 0 radical (unpaired) electrons. The van der Waals surface area contributed by atoms with Gasteiger partial charge in [-0.25, -0.2) is 4.90 Å². The molecular weight excluding hydrogens is 326 g/mol. The maximum absolute atomic E-state index is 12.9. The Labute approximate surface area is 151 Å². The van der Waals surface area contributed by atoms with E-state index in [-0.39, 0.29) is 41.3 Å². The summed E-state index contributed by atoms with van der Waals surface area (Å²) in [4.78, 5) is 39.8. The lowest BCUT2D eigenvalue weighted by atomic mass is 9.85. The predicted octanol–water partition coefficient (Wildman–Crippen LogP) is 3.23. The Morgan fingerprint density at radius 2 is 1.42 bits per heavy atom. The Kier molecular flexibility index (Phi) is 3.23. The molecular formula is C22H17NO3. The first kappa shape index (κ1) is 15.3. The molecule has 5 rings (SSSR count). The lowest BCUT2D eigenvalue weighted by Crippen LogP contribution is -2.33. The van der Waals surface area contributed by atoms with Crippen molar-refractivity contribution in [1.82, 2.24) is 0 Å². The highest BCUT2D eigenvalue weighted by molar-refractivity contribution is 6.23. The van der Waals surface area contributed by atoms with Crippen LogP contribution in [0.2, 0.25) is 0 Å². The van der Waals surface area contributed by atoms with Crippen LogP contribution in [-0.4, -0.2) is 17.6 Å². The van der Waals surface area contributed by atoms with E-state index in [1.54, 1.807) is 36.4 Å². The largest absolute Gasteiger partial charge is 0.289 e. The molecule has 0 N–H and O–H groups in total. The molecule has 1 aliphatic heterocycles. The first-order valence-electron chi connectivity index (χ1n) is 8.91. The average Bonchev–Trinajstić information content (AvgIpc) is 3.36. The second-order valence-corrected chi connectivity index (χ2v) is 7.26. The molecule has 2 fully saturated rings. The molecule has 2 bridgehead atoms. The van der Waals surface area contributed by atoms with E-state index in [4.69, 9.17) is 0 Å². The van der Waals surface area contributed by atoms with Gasteiger partial charge in [0.2, 0.25) is 11.8 Å². The Hall–Kier alpha value is -3.01. The highest BCUT2D eigenvalue weighted by Gasteiger charge is 2.59. The molecule has 3 aliphatic rings. The first-order valence-corrected chi connectivity index (χ1v) is 8.91. The van der Waals surface area contributed by atoms with Crippen LogP contribution >= 0.6 is 0 Å². The fourth-order valence-electron chi connectivity index (χ4n) is 4.70. The van der Waals surface area contributed by atoms with Crippen LogP contribution < -0.4 is 4.90 Å². The molecule has 128 valence electrons. The number of imide groups is 1. The average molecular weight is 343 g/mol. The van der Waals surface area contributed by atoms with Gasteiger partial charge in [-0.15, -0.1) is 0 Å². The van der Waals surface area contributed by atoms with E-state index in [0.717, 1.165) is 6.42 Å². The van der Waals surface area contributed by atoms with E-state index in [1.807, 2.05) is 18.2 Å². The van der Waals surface area contributed by atoms with Gasteiger partial charge in [0.15, 0.2) is 5.78 Å². The zero-order valence-electron chi connectivity index (χ0n) is 14.0. The third-order valence-electron chi connectivity index (χ3n) is 5.87. The molecule has 4 heteroatoms. The molecule has 4 unspecified atom stereocenters. The van der Waals surface area contributed by atoms with Gasteiger partial charge in [-0.3, -0.25) is 14.4 Å². The van der Waals surface area contributed by atoms with Crippen molar-refractivity contribution in [3.05, 3.63) is 77.9 Å². The number of allylic oxidation sites excluding steroid dienone is 2. The number of amides is 2. The highest BCUT2D eigenvalue weighted by atomic mass is 16.2. The predicted molar refractivity (Wildman–Crippen MR) is 96.5 cm³/mol. The van der Waals surface area contributed by atoms with Crippen LogP contribution in [0.1, 0.15) is 22.3 Å². The minimum Gasteiger partial charge on any atom is -0.289 e. The molecule has 2 aromatic carbocycles. The number of rotatable bonds is 3. The molecule has 0 spiro atoms. The van der Waals surface area contributed by atoms with Gasteiger partial charge in [0.05, 0.1) is 17.5 Å². The number of benzene rings is 2. The molecule has 2 aromatic rings. The summed E-state index contributed by atoms with van der Waals surface area (Å²) >= 11 is 0. The van der Waals surface area contributed by atoms with Crippen molar-refractivity contribution in [3.8, 4) is 0 Å².